The third-order valence-electron chi connectivity index (χ3n) is 4.84. The molecule has 30 heavy (non-hydrogen) atoms. The molecule has 1 aromatic heterocycles. The predicted octanol–water partition coefficient (Wildman–Crippen LogP) is 2.73. The molecule has 3 aromatic rings. The number of rotatable bonds is 7. The fourth-order valence-electron chi connectivity index (χ4n) is 3.27. The van der Waals surface area contributed by atoms with Crippen LogP contribution >= 0.6 is 0 Å². The average Bonchev–Trinajstić information content (AvgIpc) is 3.18. The number of aromatic nitrogens is 1. The largest absolute Gasteiger partial charge is 0.486 e. The SMILES string of the molecule is CCN(Cc1ccc2c(c1)OCCO2)C(=O)COC(=O)Cc1noc2ccccc12. The van der Waals surface area contributed by atoms with E-state index in [-0.39, 0.29) is 18.9 Å². The van der Waals surface area contributed by atoms with Crippen molar-refractivity contribution in [2.45, 2.75) is 19.9 Å². The Balaban J connectivity index is 1.32. The van der Waals surface area contributed by atoms with Gasteiger partial charge in [-0.3, -0.25) is 9.59 Å². The zero-order valence-electron chi connectivity index (χ0n) is 16.6. The summed E-state index contributed by atoms with van der Waals surface area (Å²) < 4.78 is 21.5. The number of amides is 1. The highest BCUT2D eigenvalue weighted by atomic mass is 16.6. The Morgan fingerprint density at radius 2 is 1.90 bits per heavy atom. The van der Waals surface area contributed by atoms with Crippen LogP contribution in [0.4, 0.5) is 0 Å². The molecule has 2 aromatic carbocycles. The van der Waals surface area contributed by atoms with Crippen molar-refractivity contribution in [3.05, 3.63) is 53.7 Å². The molecular formula is C22H22N2O6. The van der Waals surface area contributed by atoms with Crippen molar-refractivity contribution >= 4 is 22.8 Å². The molecule has 0 unspecified atom stereocenters. The fraction of sp³-hybridized carbons (Fsp3) is 0.318. The summed E-state index contributed by atoms with van der Waals surface area (Å²) in [6, 6.07) is 12.9. The van der Waals surface area contributed by atoms with Gasteiger partial charge in [-0.05, 0) is 36.8 Å². The molecule has 0 aliphatic carbocycles. The van der Waals surface area contributed by atoms with Crippen LogP contribution in [0.15, 0.2) is 47.0 Å². The molecule has 1 amide bonds. The Morgan fingerprint density at radius 1 is 1.10 bits per heavy atom. The average molecular weight is 410 g/mol. The molecule has 0 radical (unpaired) electrons. The van der Waals surface area contributed by atoms with Gasteiger partial charge in [0.2, 0.25) is 0 Å². The van der Waals surface area contributed by atoms with Crippen LogP contribution in [-0.4, -0.2) is 48.3 Å². The van der Waals surface area contributed by atoms with E-state index in [1.807, 2.05) is 43.3 Å². The predicted molar refractivity (Wildman–Crippen MR) is 107 cm³/mol. The van der Waals surface area contributed by atoms with Crippen LogP contribution in [0, 0.1) is 0 Å². The van der Waals surface area contributed by atoms with Gasteiger partial charge in [0.15, 0.2) is 23.7 Å². The number of para-hydroxylation sites is 1. The standard InChI is InChI=1S/C22H22N2O6/c1-2-24(13-15-7-8-19-20(11-15)28-10-9-27-19)21(25)14-29-22(26)12-17-16-5-3-4-6-18(16)30-23-17/h3-8,11H,2,9-10,12-14H2,1H3. The molecular weight excluding hydrogens is 388 g/mol. The van der Waals surface area contributed by atoms with Crippen molar-refractivity contribution < 1.29 is 28.3 Å². The highest BCUT2D eigenvalue weighted by molar-refractivity contribution is 5.85. The van der Waals surface area contributed by atoms with Crippen LogP contribution in [0.5, 0.6) is 11.5 Å². The van der Waals surface area contributed by atoms with Gasteiger partial charge in [0.25, 0.3) is 5.91 Å². The van der Waals surface area contributed by atoms with Gasteiger partial charge in [0.1, 0.15) is 18.9 Å². The molecule has 8 heteroatoms. The summed E-state index contributed by atoms with van der Waals surface area (Å²) >= 11 is 0. The zero-order valence-corrected chi connectivity index (χ0v) is 16.6. The second-order valence-corrected chi connectivity index (χ2v) is 6.85. The van der Waals surface area contributed by atoms with Crippen LogP contribution in [0.25, 0.3) is 11.0 Å². The number of hydrogen-bond donors (Lipinski definition) is 0. The van der Waals surface area contributed by atoms with Crippen LogP contribution in [0.3, 0.4) is 0 Å². The van der Waals surface area contributed by atoms with Gasteiger partial charge in [-0.2, -0.15) is 0 Å². The first-order valence-electron chi connectivity index (χ1n) is 9.79. The Kier molecular flexibility index (Phi) is 5.83. The number of fused-ring (bicyclic) bond motifs is 2. The number of hydrogen-bond acceptors (Lipinski definition) is 7. The molecule has 0 saturated carbocycles. The van der Waals surface area contributed by atoms with Crippen molar-refractivity contribution in [2.75, 3.05) is 26.4 Å². The lowest BCUT2D eigenvalue weighted by molar-refractivity contribution is -0.151. The van der Waals surface area contributed by atoms with Crippen molar-refractivity contribution in [1.29, 1.82) is 0 Å². The summed E-state index contributed by atoms with van der Waals surface area (Å²) in [5.74, 6) is 0.575. The van der Waals surface area contributed by atoms with E-state index in [4.69, 9.17) is 18.7 Å². The van der Waals surface area contributed by atoms with E-state index in [1.54, 1.807) is 11.0 Å². The number of carbonyl (C=O) groups excluding carboxylic acids is 2. The van der Waals surface area contributed by atoms with Gasteiger partial charge in [-0.25, -0.2) is 0 Å². The third kappa shape index (κ3) is 4.37. The van der Waals surface area contributed by atoms with E-state index in [0.29, 0.717) is 49.1 Å². The van der Waals surface area contributed by atoms with Crippen molar-refractivity contribution in [3.8, 4) is 11.5 Å². The molecule has 156 valence electrons. The normalized spacial score (nSPS) is 12.6. The topological polar surface area (TPSA) is 91.1 Å². The minimum absolute atomic E-state index is 0.0570. The minimum Gasteiger partial charge on any atom is -0.486 e. The van der Waals surface area contributed by atoms with Crippen LogP contribution < -0.4 is 9.47 Å². The second kappa shape index (κ2) is 8.86. The van der Waals surface area contributed by atoms with E-state index in [1.165, 1.54) is 0 Å². The highest BCUT2D eigenvalue weighted by Gasteiger charge is 2.19. The van der Waals surface area contributed by atoms with Gasteiger partial charge in [0.05, 0.1) is 6.42 Å². The first-order valence-corrected chi connectivity index (χ1v) is 9.79. The lowest BCUT2D eigenvalue weighted by Gasteiger charge is -2.23. The number of ether oxygens (including phenoxy) is 3. The second-order valence-electron chi connectivity index (χ2n) is 6.85. The number of carbonyl (C=O) groups is 2. The van der Waals surface area contributed by atoms with Crippen molar-refractivity contribution in [2.24, 2.45) is 0 Å². The van der Waals surface area contributed by atoms with E-state index in [2.05, 4.69) is 5.16 Å². The molecule has 0 atom stereocenters. The molecule has 0 saturated heterocycles. The Labute approximate surface area is 173 Å². The minimum atomic E-state index is -0.530. The number of likely N-dealkylation sites (N-methyl/N-ethyl adjacent to an activating group) is 1. The van der Waals surface area contributed by atoms with Crippen LogP contribution in [-0.2, 0) is 27.3 Å². The Morgan fingerprint density at radius 3 is 2.73 bits per heavy atom. The molecule has 0 fully saturated rings. The summed E-state index contributed by atoms with van der Waals surface area (Å²) in [5.41, 5.74) is 2.01. The Hall–Kier alpha value is -3.55. The van der Waals surface area contributed by atoms with E-state index in [0.717, 1.165) is 10.9 Å². The summed E-state index contributed by atoms with van der Waals surface area (Å²) in [4.78, 5) is 26.3. The van der Waals surface area contributed by atoms with Crippen molar-refractivity contribution in [1.82, 2.24) is 10.1 Å². The smallest absolute Gasteiger partial charge is 0.312 e. The monoisotopic (exact) mass is 410 g/mol. The molecule has 1 aliphatic rings. The molecule has 2 heterocycles. The number of nitrogens with zero attached hydrogens (tertiary/aromatic N) is 2. The van der Waals surface area contributed by atoms with Gasteiger partial charge < -0.3 is 23.6 Å². The van der Waals surface area contributed by atoms with E-state index in [9.17, 15) is 9.59 Å². The lowest BCUT2D eigenvalue weighted by Crippen LogP contribution is -2.34. The van der Waals surface area contributed by atoms with Crippen LogP contribution in [0.2, 0.25) is 0 Å². The van der Waals surface area contributed by atoms with Gasteiger partial charge in [-0.15, -0.1) is 0 Å². The van der Waals surface area contributed by atoms with Gasteiger partial charge in [-0.1, -0.05) is 23.4 Å². The van der Waals surface area contributed by atoms with E-state index < -0.39 is 5.97 Å². The first-order chi connectivity index (χ1) is 14.6. The quantitative estimate of drug-likeness (QED) is 0.553. The molecule has 0 bridgehead atoms. The molecule has 1 aliphatic heterocycles. The lowest BCUT2D eigenvalue weighted by atomic mass is 10.1. The van der Waals surface area contributed by atoms with Crippen LogP contribution in [0.1, 0.15) is 18.2 Å². The Bertz CT molecular complexity index is 1060. The highest BCUT2D eigenvalue weighted by Crippen LogP contribution is 2.31. The number of benzene rings is 2. The van der Waals surface area contributed by atoms with Crippen molar-refractivity contribution in [3.63, 3.8) is 0 Å². The summed E-state index contributed by atoms with van der Waals surface area (Å²) in [6.45, 7) is 3.45. The maximum atomic E-state index is 12.5. The molecule has 0 spiro atoms. The van der Waals surface area contributed by atoms with E-state index >= 15 is 0 Å². The summed E-state index contributed by atoms with van der Waals surface area (Å²) in [6.07, 6.45) is -0.0570. The number of esters is 1. The summed E-state index contributed by atoms with van der Waals surface area (Å²) in [5, 5.41) is 4.67. The first kappa shape index (κ1) is 19.8. The van der Waals surface area contributed by atoms with Gasteiger partial charge in [0, 0.05) is 18.5 Å². The van der Waals surface area contributed by atoms with Gasteiger partial charge >= 0.3 is 5.97 Å². The third-order valence-corrected chi connectivity index (χ3v) is 4.84. The zero-order chi connectivity index (χ0) is 20.9. The molecule has 0 N–H and O–H groups in total. The maximum Gasteiger partial charge on any atom is 0.312 e. The fourth-order valence-corrected chi connectivity index (χ4v) is 3.27. The molecule has 8 nitrogen and oxygen atoms in total. The maximum absolute atomic E-state index is 12.5. The summed E-state index contributed by atoms with van der Waals surface area (Å²) in [7, 11) is 0. The molecule has 4 rings (SSSR count).